The Morgan fingerprint density at radius 1 is 1.25 bits per heavy atom. The molecular weight excluding hydrogens is 271 g/mol. The fourth-order valence-electron chi connectivity index (χ4n) is 1.87. The average Bonchev–Trinajstić information content (AvgIpc) is 2.33. The number of alkyl halides is 3. The molecule has 0 spiro atoms. The lowest BCUT2D eigenvalue weighted by Crippen LogP contribution is -2.25. The third-order valence-electron chi connectivity index (χ3n) is 2.73. The molecule has 108 valence electrons. The van der Waals surface area contributed by atoms with Gasteiger partial charge in [0.2, 0.25) is 0 Å². The quantitative estimate of drug-likeness (QED) is 0.937. The normalized spacial score (nSPS) is 13.4. The fraction of sp³-hybridized carbons (Fsp3) is 0.357. The predicted molar refractivity (Wildman–Crippen MR) is 68.7 cm³/mol. The van der Waals surface area contributed by atoms with Gasteiger partial charge in [0.1, 0.15) is 12.4 Å². The highest BCUT2D eigenvalue weighted by Gasteiger charge is 2.31. The number of aliphatic hydroxyl groups excluding tert-OH is 1. The van der Waals surface area contributed by atoms with Crippen molar-refractivity contribution < 1.29 is 23.0 Å². The number of ether oxygens (including phenoxy) is 1. The van der Waals surface area contributed by atoms with Crippen LogP contribution in [0, 0.1) is 6.92 Å². The van der Waals surface area contributed by atoms with Crippen LogP contribution >= 0.6 is 0 Å². The standard InChI is InChI=1S/C14H14F3NO2/c1-9-5-6-11-12(18-9)3-2-4-13(11)20-8-10(19)7-14(15,16)17/h2-6,10,19H,7-8H2,1H3. The van der Waals surface area contributed by atoms with Gasteiger partial charge in [-0.1, -0.05) is 6.07 Å². The van der Waals surface area contributed by atoms with Crippen molar-refractivity contribution in [2.75, 3.05) is 6.61 Å². The van der Waals surface area contributed by atoms with Crippen molar-refractivity contribution in [1.82, 2.24) is 4.98 Å². The van der Waals surface area contributed by atoms with E-state index in [2.05, 4.69) is 4.98 Å². The van der Waals surface area contributed by atoms with Gasteiger partial charge in [0, 0.05) is 11.1 Å². The minimum atomic E-state index is -4.40. The summed E-state index contributed by atoms with van der Waals surface area (Å²) in [5.74, 6) is 0.413. The minimum Gasteiger partial charge on any atom is -0.490 e. The summed E-state index contributed by atoms with van der Waals surface area (Å²) >= 11 is 0. The van der Waals surface area contributed by atoms with Crippen molar-refractivity contribution in [1.29, 1.82) is 0 Å². The largest absolute Gasteiger partial charge is 0.490 e. The minimum absolute atomic E-state index is 0.410. The number of benzene rings is 1. The highest BCUT2D eigenvalue weighted by molar-refractivity contribution is 5.85. The number of aromatic nitrogens is 1. The second-order valence-electron chi connectivity index (χ2n) is 4.56. The maximum Gasteiger partial charge on any atom is 0.391 e. The van der Waals surface area contributed by atoms with Gasteiger partial charge in [-0.15, -0.1) is 0 Å². The first-order valence-electron chi connectivity index (χ1n) is 6.09. The molecule has 1 unspecified atom stereocenters. The molecule has 1 aromatic carbocycles. The molecule has 0 bridgehead atoms. The predicted octanol–water partition coefficient (Wildman–Crippen LogP) is 3.24. The Kier molecular flexibility index (Phi) is 4.13. The second-order valence-corrected chi connectivity index (χ2v) is 4.56. The zero-order valence-corrected chi connectivity index (χ0v) is 10.8. The first-order chi connectivity index (χ1) is 9.35. The zero-order valence-electron chi connectivity index (χ0n) is 10.8. The Bertz CT molecular complexity index is 598. The van der Waals surface area contributed by atoms with Crippen molar-refractivity contribution in [2.45, 2.75) is 25.6 Å². The monoisotopic (exact) mass is 285 g/mol. The summed E-state index contributed by atoms with van der Waals surface area (Å²) < 4.78 is 41.6. The van der Waals surface area contributed by atoms with E-state index in [1.807, 2.05) is 6.92 Å². The molecule has 1 atom stereocenters. The van der Waals surface area contributed by atoms with E-state index < -0.39 is 25.3 Å². The van der Waals surface area contributed by atoms with E-state index in [1.54, 1.807) is 30.3 Å². The van der Waals surface area contributed by atoms with Crippen molar-refractivity contribution in [3.63, 3.8) is 0 Å². The van der Waals surface area contributed by atoms with Crippen molar-refractivity contribution >= 4 is 10.9 Å². The van der Waals surface area contributed by atoms with Gasteiger partial charge in [0.25, 0.3) is 0 Å². The topological polar surface area (TPSA) is 42.4 Å². The maximum atomic E-state index is 12.1. The van der Waals surface area contributed by atoms with Crippen LogP contribution in [0.4, 0.5) is 13.2 Å². The molecule has 20 heavy (non-hydrogen) atoms. The molecule has 2 rings (SSSR count). The summed E-state index contributed by atoms with van der Waals surface area (Å²) in [6, 6.07) is 8.73. The third kappa shape index (κ3) is 3.84. The molecule has 1 aromatic heterocycles. The van der Waals surface area contributed by atoms with Gasteiger partial charge in [-0.3, -0.25) is 4.98 Å². The van der Waals surface area contributed by atoms with Crippen LogP contribution in [0.15, 0.2) is 30.3 Å². The first-order valence-corrected chi connectivity index (χ1v) is 6.09. The number of hydrogen-bond donors (Lipinski definition) is 1. The SMILES string of the molecule is Cc1ccc2c(OCC(O)CC(F)(F)F)cccc2n1. The van der Waals surface area contributed by atoms with Gasteiger partial charge in [0.15, 0.2) is 0 Å². The summed E-state index contributed by atoms with van der Waals surface area (Å²) in [4.78, 5) is 4.30. The number of hydrogen-bond acceptors (Lipinski definition) is 3. The molecule has 1 heterocycles. The molecule has 1 N–H and O–H groups in total. The van der Waals surface area contributed by atoms with Gasteiger partial charge in [-0.2, -0.15) is 13.2 Å². The molecule has 3 nitrogen and oxygen atoms in total. The van der Waals surface area contributed by atoms with Crippen LogP contribution in [-0.2, 0) is 0 Å². The number of rotatable bonds is 4. The van der Waals surface area contributed by atoms with Crippen molar-refractivity contribution in [3.8, 4) is 5.75 Å². The molecule has 0 amide bonds. The van der Waals surface area contributed by atoms with E-state index in [9.17, 15) is 18.3 Å². The van der Waals surface area contributed by atoms with Gasteiger partial charge in [0.05, 0.1) is 18.0 Å². The van der Waals surface area contributed by atoms with Crippen LogP contribution in [-0.4, -0.2) is 29.0 Å². The summed E-state index contributed by atoms with van der Waals surface area (Å²) in [6.07, 6.45) is -7.27. The van der Waals surface area contributed by atoms with E-state index >= 15 is 0 Å². The molecule has 6 heteroatoms. The molecule has 0 fully saturated rings. The van der Waals surface area contributed by atoms with E-state index in [1.165, 1.54) is 0 Å². The van der Waals surface area contributed by atoms with E-state index in [4.69, 9.17) is 4.74 Å². The molecular formula is C14H14F3NO2. The van der Waals surface area contributed by atoms with Gasteiger partial charge in [-0.05, 0) is 31.2 Å². The highest BCUT2D eigenvalue weighted by atomic mass is 19.4. The summed E-state index contributed by atoms with van der Waals surface area (Å²) in [5, 5.41) is 10.0. The molecule has 0 saturated heterocycles. The Morgan fingerprint density at radius 3 is 2.70 bits per heavy atom. The van der Waals surface area contributed by atoms with Gasteiger partial charge in [-0.25, -0.2) is 0 Å². The molecule has 0 aliphatic heterocycles. The lowest BCUT2D eigenvalue weighted by atomic mass is 10.2. The summed E-state index contributed by atoms with van der Waals surface area (Å²) in [7, 11) is 0. The average molecular weight is 285 g/mol. The van der Waals surface area contributed by atoms with E-state index in [0.717, 1.165) is 5.69 Å². The fourth-order valence-corrected chi connectivity index (χ4v) is 1.87. The van der Waals surface area contributed by atoms with Crippen LogP contribution < -0.4 is 4.74 Å². The lowest BCUT2D eigenvalue weighted by Gasteiger charge is -2.15. The second kappa shape index (κ2) is 5.66. The Morgan fingerprint density at radius 2 is 2.00 bits per heavy atom. The molecule has 0 aliphatic rings. The first kappa shape index (κ1) is 14.6. The number of aliphatic hydroxyl groups is 1. The number of aryl methyl sites for hydroxylation is 1. The van der Waals surface area contributed by atoms with Gasteiger partial charge >= 0.3 is 6.18 Å². The number of nitrogens with zero attached hydrogens (tertiary/aromatic N) is 1. The van der Waals surface area contributed by atoms with Crippen LogP contribution in [0.25, 0.3) is 10.9 Å². The smallest absolute Gasteiger partial charge is 0.391 e. The maximum absolute atomic E-state index is 12.1. The Balaban J connectivity index is 2.10. The van der Waals surface area contributed by atoms with Crippen molar-refractivity contribution in [2.24, 2.45) is 0 Å². The van der Waals surface area contributed by atoms with E-state index in [-0.39, 0.29) is 0 Å². The number of pyridine rings is 1. The molecule has 0 radical (unpaired) electrons. The summed E-state index contributed by atoms with van der Waals surface area (Å²) in [5.41, 5.74) is 1.54. The van der Waals surface area contributed by atoms with E-state index in [0.29, 0.717) is 16.7 Å². The highest BCUT2D eigenvalue weighted by Crippen LogP contribution is 2.26. The van der Waals surface area contributed by atoms with Crippen molar-refractivity contribution in [3.05, 3.63) is 36.0 Å². The Labute approximate surface area is 114 Å². The van der Waals surface area contributed by atoms with Crippen LogP contribution in [0.1, 0.15) is 12.1 Å². The zero-order chi connectivity index (χ0) is 14.8. The van der Waals surface area contributed by atoms with Crippen LogP contribution in [0.2, 0.25) is 0 Å². The molecule has 0 saturated carbocycles. The Hall–Kier alpha value is -1.82. The van der Waals surface area contributed by atoms with Crippen LogP contribution in [0.3, 0.4) is 0 Å². The molecule has 0 aliphatic carbocycles. The lowest BCUT2D eigenvalue weighted by molar-refractivity contribution is -0.156. The number of fused-ring (bicyclic) bond motifs is 1. The number of halogens is 3. The van der Waals surface area contributed by atoms with Gasteiger partial charge < -0.3 is 9.84 Å². The van der Waals surface area contributed by atoms with Crippen LogP contribution in [0.5, 0.6) is 5.75 Å². The summed E-state index contributed by atoms with van der Waals surface area (Å²) in [6.45, 7) is 1.44. The molecule has 2 aromatic rings. The third-order valence-corrected chi connectivity index (χ3v) is 2.73.